The Hall–Kier alpha value is -1.02. The second-order valence-corrected chi connectivity index (χ2v) is 5.16. The number of rotatable bonds is 1. The highest BCUT2D eigenvalue weighted by Gasteiger charge is 2.18. The van der Waals surface area contributed by atoms with Crippen molar-refractivity contribution in [3.8, 4) is 0 Å². The topological polar surface area (TPSA) is 80.2 Å². The van der Waals surface area contributed by atoms with E-state index in [1.165, 1.54) is 0 Å². The lowest BCUT2D eigenvalue weighted by Crippen LogP contribution is -2.02. The molecule has 0 radical (unpaired) electrons. The van der Waals surface area contributed by atoms with Crippen molar-refractivity contribution in [2.75, 3.05) is 0 Å². The smallest absolute Gasteiger partial charge is 0.282 e. The van der Waals surface area contributed by atoms with Gasteiger partial charge < -0.3 is 0 Å². The van der Waals surface area contributed by atoms with Crippen molar-refractivity contribution in [3.63, 3.8) is 0 Å². The van der Waals surface area contributed by atoms with Gasteiger partial charge in [-0.1, -0.05) is 23.2 Å². The molecular weight excluding hydrogens is 294 g/mol. The molecule has 0 bridgehead atoms. The van der Waals surface area contributed by atoms with E-state index >= 15 is 0 Å². The summed E-state index contributed by atoms with van der Waals surface area (Å²) in [4.78, 5) is 6.54. The number of hydrogen-bond acceptors (Lipinski definition) is 4. The molecule has 0 spiro atoms. The molecule has 1 aromatic heterocycles. The van der Waals surface area contributed by atoms with Gasteiger partial charge in [-0.05, 0) is 6.07 Å². The summed E-state index contributed by atoms with van der Waals surface area (Å²) in [6.07, 6.45) is 0. The first-order valence-electron chi connectivity index (χ1n) is 4.09. The molecule has 9 heteroatoms. The highest BCUT2D eigenvalue weighted by atomic mass is 35.5. The van der Waals surface area contributed by atoms with Gasteiger partial charge in [0, 0.05) is 6.07 Å². The van der Waals surface area contributed by atoms with Crippen LogP contribution in [0, 0.1) is 5.82 Å². The zero-order valence-corrected chi connectivity index (χ0v) is 10.2. The van der Waals surface area contributed by atoms with Crippen LogP contribution in [0.2, 0.25) is 10.3 Å². The van der Waals surface area contributed by atoms with Gasteiger partial charge in [-0.15, -0.1) is 0 Å². The first kappa shape index (κ1) is 12.4. The van der Waals surface area contributed by atoms with E-state index in [0.29, 0.717) is 0 Å². The Labute approximate surface area is 105 Å². The van der Waals surface area contributed by atoms with Crippen LogP contribution in [-0.2, 0) is 10.1 Å². The average Bonchev–Trinajstić information content (AvgIpc) is 2.18. The van der Waals surface area contributed by atoms with Crippen molar-refractivity contribution in [3.05, 3.63) is 28.3 Å². The zero-order valence-electron chi connectivity index (χ0n) is 7.85. The minimum absolute atomic E-state index is 0.00780. The monoisotopic (exact) mass is 296 g/mol. The van der Waals surface area contributed by atoms with Crippen LogP contribution in [0.4, 0.5) is 4.39 Å². The number of aromatic nitrogens is 2. The number of hydrogen-bond donors (Lipinski definition) is 1. The minimum Gasteiger partial charge on any atom is -0.282 e. The number of fused-ring (bicyclic) bond motifs is 1. The van der Waals surface area contributed by atoms with E-state index in [-0.39, 0.29) is 21.3 Å². The van der Waals surface area contributed by atoms with Crippen molar-refractivity contribution >= 4 is 44.4 Å². The van der Waals surface area contributed by atoms with E-state index < -0.39 is 20.8 Å². The van der Waals surface area contributed by atoms with Crippen molar-refractivity contribution in [2.24, 2.45) is 0 Å². The Kier molecular flexibility index (Phi) is 2.94. The van der Waals surface area contributed by atoms with Gasteiger partial charge in [-0.25, -0.2) is 14.4 Å². The van der Waals surface area contributed by atoms with E-state index in [4.69, 9.17) is 27.8 Å². The summed E-state index contributed by atoms with van der Waals surface area (Å²) >= 11 is 11.2. The third kappa shape index (κ3) is 2.32. The van der Waals surface area contributed by atoms with E-state index in [1.54, 1.807) is 0 Å². The van der Waals surface area contributed by atoms with Gasteiger partial charge in [0.15, 0.2) is 10.3 Å². The van der Waals surface area contributed by atoms with Crippen LogP contribution in [-0.4, -0.2) is 22.9 Å². The molecule has 0 atom stereocenters. The lowest BCUT2D eigenvalue weighted by Gasteiger charge is -2.03. The van der Waals surface area contributed by atoms with Crippen molar-refractivity contribution in [2.45, 2.75) is 4.90 Å². The molecule has 0 unspecified atom stereocenters. The molecule has 2 aromatic rings. The van der Waals surface area contributed by atoms with Crippen LogP contribution in [0.3, 0.4) is 0 Å². The molecule has 0 aliphatic carbocycles. The SMILES string of the molecule is O=S(=O)(O)c1cc2nc(Cl)c(Cl)nc2cc1F. The third-order valence-corrected chi connectivity index (χ3v) is 3.41. The van der Waals surface area contributed by atoms with Crippen LogP contribution < -0.4 is 0 Å². The van der Waals surface area contributed by atoms with Crippen LogP contribution >= 0.6 is 23.2 Å². The first-order chi connectivity index (χ1) is 7.79. The Morgan fingerprint density at radius 2 is 1.59 bits per heavy atom. The lowest BCUT2D eigenvalue weighted by molar-refractivity contribution is 0.473. The van der Waals surface area contributed by atoms with Gasteiger partial charge in [0.1, 0.15) is 10.7 Å². The van der Waals surface area contributed by atoms with Gasteiger partial charge in [0.05, 0.1) is 11.0 Å². The maximum absolute atomic E-state index is 13.4. The van der Waals surface area contributed by atoms with Crippen molar-refractivity contribution in [1.82, 2.24) is 9.97 Å². The van der Waals surface area contributed by atoms with Gasteiger partial charge in [-0.3, -0.25) is 4.55 Å². The maximum Gasteiger partial charge on any atom is 0.297 e. The molecule has 0 amide bonds. The fourth-order valence-electron chi connectivity index (χ4n) is 1.21. The van der Waals surface area contributed by atoms with Crippen molar-refractivity contribution in [1.29, 1.82) is 0 Å². The van der Waals surface area contributed by atoms with Crippen LogP contribution in [0.25, 0.3) is 11.0 Å². The zero-order chi connectivity index (χ0) is 12.8. The molecule has 0 aliphatic rings. The second kappa shape index (κ2) is 4.02. The predicted molar refractivity (Wildman–Crippen MR) is 59.3 cm³/mol. The molecule has 1 N–H and O–H groups in total. The quantitative estimate of drug-likeness (QED) is 0.817. The van der Waals surface area contributed by atoms with E-state index in [1.807, 2.05) is 0 Å². The summed E-state index contributed by atoms with van der Waals surface area (Å²) < 4.78 is 43.9. The molecule has 17 heavy (non-hydrogen) atoms. The third-order valence-electron chi connectivity index (χ3n) is 1.91. The normalized spacial score (nSPS) is 12.0. The van der Waals surface area contributed by atoms with Gasteiger partial charge >= 0.3 is 0 Å². The molecular formula is C8H3Cl2FN2O3S. The number of halogens is 3. The van der Waals surface area contributed by atoms with Crippen LogP contribution in [0.1, 0.15) is 0 Å². The number of benzene rings is 1. The van der Waals surface area contributed by atoms with Gasteiger partial charge in [0.2, 0.25) is 0 Å². The largest absolute Gasteiger partial charge is 0.297 e. The summed E-state index contributed by atoms with van der Waals surface area (Å²) in [7, 11) is -4.67. The van der Waals surface area contributed by atoms with Crippen molar-refractivity contribution < 1.29 is 17.4 Å². The standard InChI is InChI=1S/C8H3Cl2FN2O3S/c9-7-8(10)13-5-2-6(17(14,15)16)3(11)1-4(5)12-7/h1-2H,(H,14,15,16). The second-order valence-electron chi connectivity index (χ2n) is 3.05. The molecule has 90 valence electrons. The molecule has 0 aliphatic heterocycles. The summed E-state index contributed by atoms with van der Waals surface area (Å²) in [6, 6.07) is 1.63. The Morgan fingerprint density at radius 3 is 2.06 bits per heavy atom. The summed E-state index contributed by atoms with van der Waals surface area (Å²) in [6.45, 7) is 0. The van der Waals surface area contributed by atoms with E-state index in [2.05, 4.69) is 9.97 Å². The fraction of sp³-hybridized carbons (Fsp3) is 0. The summed E-state index contributed by atoms with van der Waals surface area (Å²) in [5, 5.41) is -0.273. The maximum atomic E-state index is 13.4. The van der Waals surface area contributed by atoms with E-state index in [0.717, 1.165) is 12.1 Å². The van der Waals surface area contributed by atoms with Gasteiger partial charge in [-0.2, -0.15) is 8.42 Å². The first-order valence-corrected chi connectivity index (χ1v) is 6.28. The highest BCUT2D eigenvalue weighted by molar-refractivity contribution is 7.85. The number of nitrogens with zero attached hydrogens (tertiary/aromatic N) is 2. The fourth-order valence-corrected chi connectivity index (χ4v) is 2.05. The molecule has 1 aromatic carbocycles. The Bertz CT molecular complexity index is 720. The molecule has 0 fully saturated rings. The summed E-state index contributed by atoms with van der Waals surface area (Å²) in [5.41, 5.74) is 0.0396. The highest BCUT2D eigenvalue weighted by Crippen LogP contribution is 2.24. The Balaban J connectivity index is 2.86. The molecule has 0 saturated carbocycles. The lowest BCUT2D eigenvalue weighted by atomic mass is 10.3. The van der Waals surface area contributed by atoms with E-state index in [9.17, 15) is 12.8 Å². The predicted octanol–water partition coefficient (Wildman–Crippen LogP) is 2.32. The molecule has 0 saturated heterocycles. The minimum atomic E-state index is -4.67. The molecule has 2 rings (SSSR count). The van der Waals surface area contributed by atoms with Gasteiger partial charge in [0.25, 0.3) is 10.1 Å². The molecule has 5 nitrogen and oxygen atoms in total. The van der Waals surface area contributed by atoms with Crippen LogP contribution in [0.15, 0.2) is 17.0 Å². The average molecular weight is 297 g/mol. The van der Waals surface area contributed by atoms with Crippen LogP contribution in [0.5, 0.6) is 0 Å². The Morgan fingerprint density at radius 1 is 1.12 bits per heavy atom. The summed E-state index contributed by atoms with van der Waals surface area (Å²) in [5.74, 6) is -1.15. The molecule has 1 heterocycles.